The van der Waals surface area contributed by atoms with E-state index in [1.807, 2.05) is 12.1 Å². The van der Waals surface area contributed by atoms with Crippen molar-refractivity contribution in [2.75, 3.05) is 20.3 Å². The van der Waals surface area contributed by atoms with Crippen molar-refractivity contribution >= 4 is 11.6 Å². The Kier molecular flexibility index (Phi) is 7.78. The standard InChI is InChI=1S/C16H26ClNO2/c1-5-8-20-16-14(17)9-13(10-15(16)19-4)11-18-7-6-12(2)3/h9-10,12,18H,5-8,11H2,1-4H3. The van der Waals surface area contributed by atoms with Crippen LogP contribution in [0.15, 0.2) is 12.1 Å². The zero-order valence-electron chi connectivity index (χ0n) is 13.0. The third-order valence-electron chi connectivity index (χ3n) is 2.97. The molecule has 0 aliphatic rings. The Labute approximate surface area is 127 Å². The quantitative estimate of drug-likeness (QED) is 0.691. The van der Waals surface area contributed by atoms with Crippen LogP contribution in [0.1, 0.15) is 39.2 Å². The van der Waals surface area contributed by atoms with Crippen molar-refractivity contribution in [3.63, 3.8) is 0 Å². The molecule has 0 spiro atoms. The Morgan fingerprint density at radius 1 is 1.30 bits per heavy atom. The zero-order valence-corrected chi connectivity index (χ0v) is 13.7. The molecule has 4 heteroatoms. The molecule has 1 rings (SSSR count). The predicted octanol–water partition coefficient (Wildman–Crippen LogP) is 4.27. The molecule has 0 aliphatic carbocycles. The van der Waals surface area contributed by atoms with Gasteiger partial charge in [0.05, 0.1) is 18.7 Å². The Balaban J connectivity index is 2.67. The smallest absolute Gasteiger partial charge is 0.179 e. The average Bonchev–Trinajstić information content (AvgIpc) is 2.41. The first kappa shape index (κ1) is 17.1. The van der Waals surface area contributed by atoms with Gasteiger partial charge in [-0.05, 0) is 43.0 Å². The maximum atomic E-state index is 6.28. The maximum Gasteiger partial charge on any atom is 0.179 e. The minimum atomic E-state index is 0.610. The summed E-state index contributed by atoms with van der Waals surface area (Å²) in [6, 6.07) is 3.93. The van der Waals surface area contributed by atoms with E-state index >= 15 is 0 Å². The first-order chi connectivity index (χ1) is 9.58. The zero-order chi connectivity index (χ0) is 15.0. The number of halogens is 1. The second kappa shape index (κ2) is 9.09. The minimum Gasteiger partial charge on any atom is -0.493 e. The van der Waals surface area contributed by atoms with Crippen molar-refractivity contribution in [3.8, 4) is 11.5 Å². The minimum absolute atomic E-state index is 0.610. The normalized spacial score (nSPS) is 10.9. The summed E-state index contributed by atoms with van der Waals surface area (Å²) in [5.41, 5.74) is 1.11. The molecule has 0 aliphatic heterocycles. The third-order valence-corrected chi connectivity index (χ3v) is 3.25. The summed E-state index contributed by atoms with van der Waals surface area (Å²) in [5.74, 6) is 2.05. The van der Waals surface area contributed by atoms with Crippen LogP contribution in [0.2, 0.25) is 5.02 Å². The summed E-state index contributed by atoms with van der Waals surface area (Å²) in [7, 11) is 1.64. The topological polar surface area (TPSA) is 30.5 Å². The predicted molar refractivity (Wildman–Crippen MR) is 85.0 cm³/mol. The highest BCUT2D eigenvalue weighted by Crippen LogP contribution is 2.36. The maximum absolute atomic E-state index is 6.28. The van der Waals surface area contributed by atoms with E-state index in [0.29, 0.717) is 29.0 Å². The van der Waals surface area contributed by atoms with Gasteiger partial charge in [-0.1, -0.05) is 32.4 Å². The van der Waals surface area contributed by atoms with Crippen molar-refractivity contribution < 1.29 is 9.47 Å². The number of hydrogen-bond donors (Lipinski definition) is 1. The van der Waals surface area contributed by atoms with Crippen molar-refractivity contribution in [1.82, 2.24) is 5.32 Å². The van der Waals surface area contributed by atoms with E-state index in [-0.39, 0.29) is 0 Å². The lowest BCUT2D eigenvalue weighted by atomic mass is 10.1. The summed E-state index contributed by atoms with van der Waals surface area (Å²) in [6.45, 7) is 8.95. The monoisotopic (exact) mass is 299 g/mol. The number of nitrogens with one attached hydrogen (secondary N) is 1. The lowest BCUT2D eigenvalue weighted by Gasteiger charge is -2.14. The molecule has 1 N–H and O–H groups in total. The highest BCUT2D eigenvalue weighted by atomic mass is 35.5. The highest BCUT2D eigenvalue weighted by Gasteiger charge is 2.11. The van der Waals surface area contributed by atoms with E-state index in [4.69, 9.17) is 21.1 Å². The molecule has 3 nitrogen and oxygen atoms in total. The average molecular weight is 300 g/mol. The molecule has 0 atom stereocenters. The Bertz CT molecular complexity index is 408. The molecule has 0 fully saturated rings. The van der Waals surface area contributed by atoms with Gasteiger partial charge in [0.1, 0.15) is 0 Å². The second-order valence-corrected chi connectivity index (χ2v) is 5.72. The first-order valence-electron chi connectivity index (χ1n) is 7.28. The summed E-state index contributed by atoms with van der Waals surface area (Å²) in [6.07, 6.45) is 2.11. The Morgan fingerprint density at radius 3 is 2.65 bits per heavy atom. The molecule has 0 saturated heterocycles. The number of methoxy groups -OCH3 is 1. The Hall–Kier alpha value is -0.930. The van der Waals surface area contributed by atoms with Crippen LogP contribution < -0.4 is 14.8 Å². The van der Waals surface area contributed by atoms with E-state index < -0.39 is 0 Å². The van der Waals surface area contributed by atoms with Crippen LogP contribution in [0.4, 0.5) is 0 Å². The molecule has 0 radical (unpaired) electrons. The van der Waals surface area contributed by atoms with E-state index in [9.17, 15) is 0 Å². The molecule has 0 aromatic heterocycles. The number of rotatable bonds is 9. The first-order valence-corrected chi connectivity index (χ1v) is 7.66. The molecule has 0 bridgehead atoms. The summed E-state index contributed by atoms with van der Waals surface area (Å²) >= 11 is 6.28. The van der Waals surface area contributed by atoms with Crippen LogP contribution in [0.3, 0.4) is 0 Å². The highest BCUT2D eigenvalue weighted by molar-refractivity contribution is 6.32. The molecule has 1 aromatic rings. The van der Waals surface area contributed by atoms with Crippen molar-refractivity contribution in [2.45, 2.75) is 40.2 Å². The van der Waals surface area contributed by atoms with E-state index in [1.165, 1.54) is 6.42 Å². The van der Waals surface area contributed by atoms with E-state index in [2.05, 4.69) is 26.1 Å². The van der Waals surface area contributed by atoms with Crippen LogP contribution in [0, 0.1) is 5.92 Å². The number of ether oxygens (including phenoxy) is 2. The molecular weight excluding hydrogens is 274 g/mol. The molecule has 0 heterocycles. The summed E-state index contributed by atoms with van der Waals surface area (Å²) in [5, 5.41) is 4.03. The van der Waals surface area contributed by atoms with Crippen molar-refractivity contribution in [1.29, 1.82) is 0 Å². The molecule has 0 unspecified atom stereocenters. The van der Waals surface area contributed by atoms with Crippen LogP contribution in [-0.4, -0.2) is 20.3 Å². The molecule has 114 valence electrons. The van der Waals surface area contributed by atoms with Crippen LogP contribution in [0.5, 0.6) is 11.5 Å². The molecule has 1 aromatic carbocycles. The fourth-order valence-corrected chi connectivity index (χ4v) is 2.13. The van der Waals surface area contributed by atoms with Gasteiger partial charge in [-0.25, -0.2) is 0 Å². The van der Waals surface area contributed by atoms with Crippen LogP contribution >= 0.6 is 11.6 Å². The van der Waals surface area contributed by atoms with Crippen LogP contribution in [0.25, 0.3) is 0 Å². The van der Waals surface area contributed by atoms with Crippen molar-refractivity contribution in [3.05, 3.63) is 22.7 Å². The van der Waals surface area contributed by atoms with Gasteiger partial charge in [-0.2, -0.15) is 0 Å². The Morgan fingerprint density at radius 2 is 2.05 bits per heavy atom. The third kappa shape index (κ3) is 5.59. The van der Waals surface area contributed by atoms with Gasteiger partial charge in [0.25, 0.3) is 0 Å². The number of benzene rings is 1. The summed E-state index contributed by atoms with van der Waals surface area (Å²) < 4.78 is 11.0. The molecule has 20 heavy (non-hydrogen) atoms. The van der Waals surface area contributed by atoms with Gasteiger partial charge in [-0.3, -0.25) is 0 Å². The summed E-state index contributed by atoms with van der Waals surface area (Å²) in [4.78, 5) is 0. The van der Waals surface area contributed by atoms with Gasteiger partial charge >= 0.3 is 0 Å². The lowest BCUT2D eigenvalue weighted by Crippen LogP contribution is -2.16. The van der Waals surface area contributed by atoms with Crippen molar-refractivity contribution in [2.24, 2.45) is 5.92 Å². The fourth-order valence-electron chi connectivity index (χ4n) is 1.84. The largest absolute Gasteiger partial charge is 0.493 e. The van der Waals surface area contributed by atoms with Crippen LogP contribution in [-0.2, 0) is 6.54 Å². The van der Waals surface area contributed by atoms with Gasteiger partial charge < -0.3 is 14.8 Å². The molecule has 0 saturated carbocycles. The fraction of sp³-hybridized carbons (Fsp3) is 0.625. The molecular formula is C16H26ClNO2. The number of hydrogen-bond acceptors (Lipinski definition) is 3. The van der Waals surface area contributed by atoms with Gasteiger partial charge in [0.15, 0.2) is 11.5 Å². The van der Waals surface area contributed by atoms with E-state index in [1.54, 1.807) is 7.11 Å². The lowest BCUT2D eigenvalue weighted by molar-refractivity contribution is 0.294. The SMILES string of the molecule is CCCOc1c(Cl)cc(CNCCC(C)C)cc1OC. The van der Waals surface area contributed by atoms with Gasteiger partial charge in [0.2, 0.25) is 0 Å². The van der Waals surface area contributed by atoms with Gasteiger partial charge in [0, 0.05) is 6.54 Å². The van der Waals surface area contributed by atoms with Gasteiger partial charge in [-0.15, -0.1) is 0 Å². The van der Waals surface area contributed by atoms with E-state index in [0.717, 1.165) is 25.1 Å². The second-order valence-electron chi connectivity index (χ2n) is 5.32. The molecule has 0 amide bonds.